The molecule has 0 radical (unpaired) electrons. The zero-order valence-corrected chi connectivity index (χ0v) is 15.1. The van der Waals surface area contributed by atoms with Gasteiger partial charge in [0.2, 0.25) is 5.91 Å². The summed E-state index contributed by atoms with van der Waals surface area (Å²) in [5.74, 6) is -0.171. The fourth-order valence-corrected chi connectivity index (χ4v) is 3.12. The van der Waals surface area contributed by atoms with Gasteiger partial charge in [0, 0.05) is 24.7 Å². The highest BCUT2D eigenvalue weighted by atomic mass is 16.5. The molecule has 3 atom stereocenters. The van der Waals surface area contributed by atoms with Crippen molar-refractivity contribution >= 4 is 5.91 Å². The van der Waals surface area contributed by atoms with Gasteiger partial charge in [0.05, 0.1) is 12.5 Å². The molecule has 27 heavy (non-hydrogen) atoms. The van der Waals surface area contributed by atoms with Crippen molar-refractivity contribution in [2.45, 2.75) is 44.6 Å². The zero-order chi connectivity index (χ0) is 19.4. The first kappa shape index (κ1) is 19.1. The molecule has 1 amide bonds. The average Bonchev–Trinajstić information content (AvgIpc) is 3.01. The summed E-state index contributed by atoms with van der Waals surface area (Å²) in [4.78, 5) is 38.1. The van der Waals surface area contributed by atoms with Crippen LogP contribution in [0.3, 0.4) is 0 Å². The third-order valence-corrected chi connectivity index (χ3v) is 4.64. The number of hydrogen-bond acceptors (Lipinski definition) is 5. The van der Waals surface area contributed by atoms with Gasteiger partial charge < -0.3 is 15.2 Å². The lowest BCUT2D eigenvalue weighted by Gasteiger charge is -2.17. The lowest BCUT2D eigenvalue weighted by atomic mass is 10.1. The summed E-state index contributed by atoms with van der Waals surface area (Å²) in [6, 6.07) is 9.34. The molecule has 1 aromatic carbocycles. The Balaban J connectivity index is 1.61. The van der Waals surface area contributed by atoms with Gasteiger partial charge in [0.15, 0.2) is 0 Å². The lowest BCUT2D eigenvalue weighted by Crippen LogP contribution is -2.38. The second-order valence-electron chi connectivity index (χ2n) is 6.57. The molecule has 0 aliphatic carbocycles. The van der Waals surface area contributed by atoms with Gasteiger partial charge in [-0.15, -0.1) is 0 Å². The molecule has 8 nitrogen and oxygen atoms in total. The number of rotatable bonds is 6. The number of aryl methyl sites for hydroxylation is 1. The predicted octanol–water partition coefficient (Wildman–Crippen LogP) is 0.106. The van der Waals surface area contributed by atoms with E-state index < -0.39 is 29.7 Å². The Hall–Kier alpha value is -2.71. The fraction of sp³-hybridized carbons (Fsp3) is 0.421. The number of nitrogens with one attached hydrogen (secondary N) is 2. The molecule has 3 rings (SSSR count). The maximum absolute atomic E-state index is 12.1. The molecular formula is C19H23N3O5. The van der Waals surface area contributed by atoms with Crippen LogP contribution >= 0.6 is 0 Å². The van der Waals surface area contributed by atoms with E-state index in [0.29, 0.717) is 12.0 Å². The smallest absolute Gasteiger partial charge is 0.330 e. The number of carbonyl (C=O) groups is 1. The number of amides is 1. The molecule has 1 saturated heterocycles. The van der Waals surface area contributed by atoms with Gasteiger partial charge in [-0.05, 0) is 12.0 Å². The SMILES string of the molecule is CCc1cn([C@@H]2CC(O)[C@H](CNC(=O)Cc3ccccc3)O2)c(=O)[nH]c1=O. The molecule has 0 saturated carbocycles. The first-order valence-electron chi connectivity index (χ1n) is 8.96. The number of nitrogens with zero attached hydrogens (tertiary/aromatic N) is 1. The number of ether oxygens (including phenoxy) is 1. The van der Waals surface area contributed by atoms with Gasteiger partial charge >= 0.3 is 5.69 Å². The molecule has 2 heterocycles. The molecule has 1 aliphatic rings. The van der Waals surface area contributed by atoms with E-state index >= 15 is 0 Å². The summed E-state index contributed by atoms with van der Waals surface area (Å²) in [6.45, 7) is 1.96. The Morgan fingerprint density at radius 2 is 2.07 bits per heavy atom. The van der Waals surface area contributed by atoms with Crippen molar-refractivity contribution < 1.29 is 14.6 Å². The standard InChI is InChI=1S/C19H23N3O5/c1-2-13-11-22(19(26)21-18(13)25)17-9-14(23)15(27-17)10-20-16(24)8-12-6-4-3-5-7-12/h3-7,11,14-15,17,23H,2,8-10H2,1H3,(H,20,24)(H,21,25,26)/t14?,15-,17-/m0/s1. The van der Waals surface area contributed by atoms with E-state index in [1.165, 1.54) is 10.8 Å². The second-order valence-corrected chi connectivity index (χ2v) is 6.57. The summed E-state index contributed by atoms with van der Waals surface area (Å²) < 4.78 is 7.04. The average molecular weight is 373 g/mol. The van der Waals surface area contributed by atoms with Crippen LogP contribution in [-0.2, 0) is 22.4 Å². The summed E-state index contributed by atoms with van der Waals surface area (Å²) in [6.07, 6.45) is 0.250. The maximum atomic E-state index is 12.1. The van der Waals surface area contributed by atoms with E-state index in [1.807, 2.05) is 37.3 Å². The molecule has 8 heteroatoms. The first-order chi connectivity index (χ1) is 13.0. The van der Waals surface area contributed by atoms with E-state index in [-0.39, 0.29) is 25.3 Å². The van der Waals surface area contributed by atoms with Crippen LogP contribution in [0, 0.1) is 0 Å². The van der Waals surface area contributed by atoms with Gasteiger partial charge in [0.25, 0.3) is 5.56 Å². The van der Waals surface area contributed by atoms with E-state index in [9.17, 15) is 19.5 Å². The summed E-state index contributed by atoms with van der Waals surface area (Å²) >= 11 is 0. The number of carbonyl (C=O) groups excluding carboxylic acids is 1. The molecule has 2 aromatic rings. The van der Waals surface area contributed by atoms with Crippen LogP contribution in [0.4, 0.5) is 0 Å². The van der Waals surface area contributed by atoms with Crippen LogP contribution in [0.5, 0.6) is 0 Å². The Kier molecular flexibility index (Phi) is 5.88. The number of aliphatic hydroxyl groups is 1. The highest BCUT2D eigenvalue weighted by molar-refractivity contribution is 5.78. The van der Waals surface area contributed by atoms with Crippen molar-refractivity contribution in [3.63, 3.8) is 0 Å². The van der Waals surface area contributed by atoms with Gasteiger partial charge in [-0.1, -0.05) is 37.3 Å². The molecule has 1 unspecified atom stereocenters. The number of hydrogen-bond donors (Lipinski definition) is 3. The van der Waals surface area contributed by atoms with Crippen molar-refractivity contribution in [2.75, 3.05) is 6.54 Å². The number of benzene rings is 1. The van der Waals surface area contributed by atoms with Gasteiger partial charge in [-0.2, -0.15) is 0 Å². The van der Waals surface area contributed by atoms with Crippen LogP contribution in [0.15, 0.2) is 46.1 Å². The third-order valence-electron chi connectivity index (χ3n) is 4.64. The minimum Gasteiger partial charge on any atom is -0.390 e. The number of aromatic amines is 1. The van der Waals surface area contributed by atoms with E-state index in [2.05, 4.69) is 10.3 Å². The minimum absolute atomic E-state index is 0.141. The Morgan fingerprint density at radius 1 is 1.33 bits per heavy atom. The Labute approximate surface area is 155 Å². The van der Waals surface area contributed by atoms with Crippen molar-refractivity contribution in [3.05, 3.63) is 68.5 Å². The molecule has 3 N–H and O–H groups in total. The van der Waals surface area contributed by atoms with E-state index in [0.717, 1.165) is 5.56 Å². The lowest BCUT2D eigenvalue weighted by molar-refractivity contribution is -0.121. The highest BCUT2D eigenvalue weighted by Crippen LogP contribution is 2.27. The van der Waals surface area contributed by atoms with Crippen molar-refractivity contribution in [1.29, 1.82) is 0 Å². The van der Waals surface area contributed by atoms with E-state index in [1.54, 1.807) is 0 Å². The molecule has 1 aromatic heterocycles. The molecular weight excluding hydrogens is 350 g/mol. The molecule has 0 spiro atoms. The number of aliphatic hydroxyl groups excluding tert-OH is 1. The van der Waals surface area contributed by atoms with Crippen LogP contribution < -0.4 is 16.6 Å². The van der Waals surface area contributed by atoms with E-state index in [4.69, 9.17) is 4.74 Å². The summed E-state index contributed by atoms with van der Waals surface area (Å²) in [5, 5.41) is 13.0. The Bertz CT molecular complexity index is 906. The molecule has 1 fully saturated rings. The van der Waals surface area contributed by atoms with Crippen molar-refractivity contribution in [2.24, 2.45) is 0 Å². The second kappa shape index (κ2) is 8.32. The van der Waals surface area contributed by atoms with Crippen LogP contribution in [0.2, 0.25) is 0 Å². The maximum Gasteiger partial charge on any atom is 0.330 e. The minimum atomic E-state index is -0.823. The quantitative estimate of drug-likeness (QED) is 0.665. The van der Waals surface area contributed by atoms with Crippen LogP contribution in [0.1, 0.15) is 30.7 Å². The summed E-state index contributed by atoms with van der Waals surface area (Å²) in [7, 11) is 0. The Morgan fingerprint density at radius 3 is 2.78 bits per heavy atom. The number of aromatic nitrogens is 2. The molecule has 1 aliphatic heterocycles. The normalized spacial score (nSPS) is 21.9. The van der Waals surface area contributed by atoms with Crippen molar-refractivity contribution in [3.8, 4) is 0 Å². The predicted molar refractivity (Wildman–Crippen MR) is 98.4 cm³/mol. The topological polar surface area (TPSA) is 113 Å². The zero-order valence-electron chi connectivity index (χ0n) is 15.1. The van der Waals surface area contributed by atoms with Gasteiger partial charge in [0.1, 0.15) is 12.3 Å². The van der Waals surface area contributed by atoms with Crippen LogP contribution in [0.25, 0.3) is 0 Å². The third kappa shape index (κ3) is 4.53. The van der Waals surface area contributed by atoms with Gasteiger partial charge in [-0.3, -0.25) is 19.1 Å². The molecule has 144 valence electrons. The van der Waals surface area contributed by atoms with Crippen LogP contribution in [-0.4, -0.2) is 39.3 Å². The first-order valence-corrected chi connectivity index (χ1v) is 8.96. The van der Waals surface area contributed by atoms with Gasteiger partial charge in [-0.25, -0.2) is 4.79 Å². The largest absolute Gasteiger partial charge is 0.390 e. The van der Waals surface area contributed by atoms with Crippen molar-refractivity contribution in [1.82, 2.24) is 14.9 Å². The highest BCUT2D eigenvalue weighted by Gasteiger charge is 2.35. The monoisotopic (exact) mass is 373 g/mol. The fourth-order valence-electron chi connectivity index (χ4n) is 3.12. The number of H-pyrrole nitrogens is 1. The summed E-state index contributed by atoms with van der Waals surface area (Å²) in [5.41, 5.74) is 0.366. The molecule has 0 bridgehead atoms.